The number of halogens is 1. The number of benzene rings is 1. The third-order valence-corrected chi connectivity index (χ3v) is 3.03. The van der Waals surface area contributed by atoms with Crippen LogP contribution >= 0.6 is 25.2 Å². The summed E-state index contributed by atoms with van der Waals surface area (Å²) in [5, 5.41) is 0. The maximum atomic E-state index is 5.82. The Morgan fingerprint density at radius 2 is 2.23 bits per heavy atom. The van der Waals surface area contributed by atoms with Gasteiger partial charge in [0.2, 0.25) is 0 Å². The van der Waals surface area contributed by atoms with Crippen LogP contribution in [0.25, 0.3) is 0 Å². The number of hydrogen-bond donors (Lipinski definition) is 1. The Bertz CT molecular complexity index is 304. The molecule has 1 aromatic carbocycles. The maximum Gasteiger partial charge on any atom is 0.0744 e. The zero-order valence-electron chi connectivity index (χ0n) is 7.51. The molecule has 2 N–H and O–H groups in total. The smallest absolute Gasteiger partial charge is 0.0744 e. The molecule has 1 rings (SSSR count). The molecule has 1 atom stereocenters. The average Bonchev–Trinajstić information content (AvgIpc) is 2.12. The monoisotopic (exact) mass is 261 g/mol. The van der Waals surface area contributed by atoms with Gasteiger partial charge in [-0.05, 0) is 24.6 Å². The minimum Gasteiger partial charge on any atom is -0.398 e. The van der Waals surface area contributed by atoms with Crippen molar-refractivity contribution < 1.29 is 4.74 Å². The Hall–Kier alpha value is -0.110. The van der Waals surface area contributed by atoms with Crippen molar-refractivity contribution in [3.05, 3.63) is 27.7 Å². The van der Waals surface area contributed by atoms with Crippen LogP contribution in [-0.4, -0.2) is 6.35 Å². The number of nitrogens with two attached hydrogens (primary N) is 1. The zero-order chi connectivity index (χ0) is 9.84. The summed E-state index contributed by atoms with van der Waals surface area (Å²) in [5.41, 5.74) is 8.83. The van der Waals surface area contributed by atoms with Gasteiger partial charge in [0, 0.05) is 15.7 Å². The molecule has 2 nitrogen and oxygen atoms in total. The summed E-state index contributed by atoms with van der Waals surface area (Å²) in [5.74, 6) is 0. The van der Waals surface area contributed by atoms with E-state index in [2.05, 4.69) is 25.2 Å². The van der Waals surface area contributed by atoms with Crippen LogP contribution in [0.1, 0.15) is 11.1 Å². The van der Waals surface area contributed by atoms with Crippen molar-refractivity contribution in [3.8, 4) is 0 Å². The molecule has 0 aliphatic carbocycles. The van der Waals surface area contributed by atoms with E-state index in [4.69, 9.17) is 10.5 Å². The molecule has 4 heteroatoms. The minimum atomic E-state index is 0.570. The van der Waals surface area contributed by atoms with E-state index in [0.717, 1.165) is 21.3 Å². The fourth-order valence-corrected chi connectivity index (χ4v) is 1.59. The third kappa shape index (κ3) is 2.67. The second-order valence-corrected chi connectivity index (χ2v) is 3.94. The van der Waals surface area contributed by atoms with Crippen LogP contribution < -0.4 is 5.73 Å². The van der Waals surface area contributed by atoms with E-state index in [9.17, 15) is 0 Å². The number of rotatable bonds is 3. The predicted octanol–water partition coefficient (Wildman–Crippen LogP) is 2.69. The van der Waals surface area contributed by atoms with Crippen LogP contribution in [-0.2, 0) is 11.3 Å². The summed E-state index contributed by atoms with van der Waals surface area (Å²) < 4.78 is 6.37. The molecular weight excluding hydrogens is 249 g/mol. The molecule has 0 saturated heterocycles. The second-order valence-electron chi connectivity index (χ2n) is 2.76. The first-order valence-corrected chi connectivity index (χ1v) is 5.59. The van der Waals surface area contributed by atoms with Gasteiger partial charge in [0.25, 0.3) is 0 Å². The van der Waals surface area contributed by atoms with Gasteiger partial charge in [0.1, 0.15) is 0 Å². The summed E-state index contributed by atoms with van der Waals surface area (Å²) >= 11 is 3.46. The average molecular weight is 262 g/mol. The van der Waals surface area contributed by atoms with Crippen LogP contribution in [0.2, 0.25) is 0 Å². The highest BCUT2D eigenvalue weighted by Gasteiger charge is 2.05. The summed E-state index contributed by atoms with van der Waals surface area (Å²) in [6, 6.07) is 3.84. The molecule has 0 fully saturated rings. The lowest BCUT2D eigenvalue weighted by molar-refractivity contribution is 0.168. The molecule has 72 valence electrons. The lowest BCUT2D eigenvalue weighted by Gasteiger charge is -2.10. The Morgan fingerprint density at radius 3 is 2.85 bits per heavy atom. The van der Waals surface area contributed by atoms with E-state index in [1.54, 1.807) is 0 Å². The van der Waals surface area contributed by atoms with Gasteiger partial charge in [0.15, 0.2) is 0 Å². The molecule has 0 aromatic heterocycles. The molecule has 1 aromatic rings. The molecule has 0 saturated carbocycles. The van der Waals surface area contributed by atoms with Crippen molar-refractivity contribution in [2.24, 2.45) is 0 Å². The van der Waals surface area contributed by atoms with E-state index in [1.807, 2.05) is 19.1 Å². The highest BCUT2D eigenvalue weighted by Crippen LogP contribution is 2.25. The van der Waals surface area contributed by atoms with Crippen molar-refractivity contribution in [1.82, 2.24) is 0 Å². The van der Waals surface area contributed by atoms with E-state index in [-0.39, 0.29) is 0 Å². The lowest BCUT2D eigenvalue weighted by Crippen LogP contribution is -2.00. The van der Waals surface area contributed by atoms with Crippen molar-refractivity contribution in [2.45, 2.75) is 13.5 Å². The predicted molar refractivity (Wildman–Crippen MR) is 62.7 cm³/mol. The first-order valence-electron chi connectivity index (χ1n) is 3.98. The highest BCUT2D eigenvalue weighted by atomic mass is 79.9. The van der Waals surface area contributed by atoms with E-state index in [1.165, 1.54) is 0 Å². The lowest BCUT2D eigenvalue weighted by atomic mass is 10.1. The van der Waals surface area contributed by atoms with Crippen molar-refractivity contribution in [1.29, 1.82) is 0 Å². The molecule has 0 heterocycles. The molecule has 0 aliphatic rings. The third-order valence-electron chi connectivity index (χ3n) is 1.93. The van der Waals surface area contributed by atoms with Gasteiger partial charge in [-0.15, -0.1) is 9.24 Å². The fourth-order valence-electron chi connectivity index (χ4n) is 1.10. The highest BCUT2D eigenvalue weighted by molar-refractivity contribution is 9.10. The first kappa shape index (κ1) is 11.0. The minimum absolute atomic E-state index is 0.570. The van der Waals surface area contributed by atoms with Crippen LogP contribution in [0, 0.1) is 6.92 Å². The number of ether oxygens (including phenoxy) is 1. The largest absolute Gasteiger partial charge is 0.398 e. The van der Waals surface area contributed by atoms with Crippen LogP contribution in [0.5, 0.6) is 0 Å². The number of anilines is 1. The van der Waals surface area contributed by atoms with Gasteiger partial charge in [0.05, 0.1) is 13.0 Å². The Labute approximate surface area is 89.2 Å². The second kappa shape index (κ2) is 4.94. The first-order chi connectivity index (χ1) is 6.16. The SMILES string of the molecule is Cc1c(Br)ccc(N)c1COCP. The zero-order valence-corrected chi connectivity index (χ0v) is 10.3. The van der Waals surface area contributed by atoms with Gasteiger partial charge in [-0.1, -0.05) is 15.9 Å². The molecule has 0 spiro atoms. The van der Waals surface area contributed by atoms with Gasteiger partial charge >= 0.3 is 0 Å². The summed E-state index contributed by atoms with van der Waals surface area (Å²) in [4.78, 5) is 0. The maximum absolute atomic E-state index is 5.82. The quantitative estimate of drug-likeness (QED) is 0.671. The Morgan fingerprint density at radius 1 is 1.54 bits per heavy atom. The Kier molecular flexibility index (Phi) is 4.17. The van der Waals surface area contributed by atoms with Gasteiger partial charge in [-0.25, -0.2) is 0 Å². The topological polar surface area (TPSA) is 35.2 Å². The van der Waals surface area contributed by atoms with Gasteiger partial charge in [-0.3, -0.25) is 0 Å². The molecular formula is C9H13BrNOP. The summed E-state index contributed by atoms with van der Waals surface area (Å²) in [6.45, 7) is 2.60. The van der Waals surface area contributed by atoms with Crippen molar-refractivity contribution in [3.63, 3.8) is 0 Å². The molecule has 13 heavy (non-hydrogen) atoms. The molecule has 0 aliphatic heterocycles. The van der Waals surface area contributed by atoms with Gasteiger partial charge in [-0.2, -0.15) is 0 Å². The molecule has 0 radical (unpaired) electrons. The number of nitrogen functional groups attached to an aromatic ring is 1. The molecule has 0 bridgehead atoms. The number of hydrogen-bond acceptors (Lipinski definition) is 2. The van der Waals surface area contributed by atoms with Gasteiger partial charge < -0.3 is 10.5 Å². The van der Waals surface area contributed by atoms with Crippen LogP contribution in [0.3, 0.4) is 0 Å². The standard InChI is InChI=1S/C9H13BrNOP/c1-6-7(4-12-5-13)9(11)3-2-8(6)10/h2-3H,4-5,11,13H2,1H3. The molecule has 0 amide bonds. The van der Waals surface area contributed by atoms with Crippen molar-refractivity contribution in [2.75, 3.05) is 12.1 Å². The van der Waals surface area contributed by atoms with Crippen LogP contribution in [0.4, 0.5) is 5.69 Å². The normalized spacial score (nSPS) is 10.4. The summed E-state index contributed by atoms with van der Waals surface area (Å²) in [6.07, 6.45) is 0.630. The molecule has 1 unspecified atom stereocenters. The fraction of sp³-hybridized carbons (Fsp3) is 0.333. The van der Waals surface area contributed by atoms with E-state index >= 15 is 0 Å². The van der Waals surface area contributed by atoms with E-state index in [0.29, 0.717) is 13.0 Å². The Balaban J connectivity index is 2.96. The van der Waals surface area contributed by atoms with Crippen LogP contribution in [0.15, 0.2) is 16.6 Å². The summed E-state index contributed by atoms with van der Waals surface area (Å²) in [7, 11) is 2.52. The van der Waals surface area contributed by atoms with Crippen molar-refractivity contribution >= 4 is 30.9 Å². The van der Waals surface area contributed by atoms with E-state index < -0.39 is 0 Å².